The number of H-pyrrole nitrogens is 1. The van der Waals surface area contributed by atoms with Gasteiger partial charge >= 0.3 is 13.3 Å². The largest absolute Gasteiger partial charge is 0.374 e. The van der Waals surface area contributed by atoms with E-state index in [-0.39, 0.29) is 13.2 Å². The molecule has 1 aliphatic rings. The molecule has 0 radical (unpaired) electrons. The third-order valence-electron chi connectivity index (χ3n) is 4.14. The van der Waals surface area contributed by atoms with Crippen LogP contribution in [0.5, 0.6) is 0 Å². The molecule has 12 nitrogen and oxygen atoms in total. The van der Waals surface area contributed by atoms with Gasteiger partial charge in [-0.3, -0.25) is 18.9 Å². The number of aromatic nitrogens is 2. The molecule has 166 valence electrons. The molecule has 2 unspecified atom stereocenters. The highest BCUT2D eigenvalue weighted by Gasteiger charge is 2.46. The van der Waals surface area contributed by atoms with Gasteiger partial charge in [-0.25, -0.2) is 11.4 Å². The fourth-order valence-electron chi connectivity index (χ4n) is 2.67. The first kappa shape index (κ1) is 24.6. The lowest BCUT2D eigenvalue weighted by Gasteiger charge is -2.22. The van der Waals surface area contributed by atoms with E-state index in [1.54, 1.807) is 0 Å². The second-order valence-electron chi connectivity index (χ2n) is 5.85. The number of hydrogen-bond donors (Lipinski definition) is 1. The monoisotopic (exact) mass is 463 g/mol. The second kappa shape index (κ2) is 11.6. The summed E-state index contributed by atoms with van der Waals surface area (Å²) in [5, 5.41) is 0. The van der Waals surface area contributed by atoms with Crippen LogP contribution in [0, 0.1) is 6.57 Å². The lowest BCUT2D eigenvalue weighted by atomic mass is 10.1. The molecule has 1 fully saturated rings. The molecule has 2 rings (SSSR count). The zero-order valence-corrected chi connectivity index (χ0v) is 18.4. The zero-order chi connectivity index (χ0) is 22.1. The molecule has 1 saturated heterocycles. The van der Waals surface area contributed by atoms with Crippen LogP contribution in [0.25, 0.3) is 4.85 Å². The summed E-state index contributed by atoms with van der Waals surface area (Å²) >= 11 is 0. The Morgan fingerprint density at radius 2 is 2.07 bits per heavy atom. The van der Waals surface area contributed by atoms with Gasteiger partial charge in [0, 0.05) is 39.4 Å². The van der Waals surface area contributed by atoms with Gasteiger partial charge in [0.15, 0.2) is 15.3 Å². The van der Waals surface area contributed by atoms with E-state index in [2.05, 4.69) is 9.83 Å². The van der Waals surface area contributed by atoms with Gasteiger partial charge in [-0.15, -0.1) is 0 Å². The van der Waals surface area contributed by atoms with E-state index < -0.39 is 52.4 Å². The van der Waals surface area contributed by atoms with E-state index in [4.69, 9.17) is 34.1 Å². The van der Waals surface area contributed by atoms with Crippen molar-refractivity contribution in [2.45, 2.75) is 24.5 Å². The summed E-state index contributed by atoms with van der Waals surface area (Å²) in [6.45, 7) is 7.14. The molecular weight excluding hydrogens is 440 g/mol. The van der Waals surface area contributed by atoms with Crippen LogP contribution in [0.1, 0.15) is 6.23 Å². The maximum Gasteiger partial charge on any atom is 0.353 e. The quantitative estimate of drug-likeness (QED) is 0.293. The van der Waals surface area contributed by atoms with E-state index in [9.17, 15) is 14.2 Å². The van der Waals surface area contributed by atoms with Crippen molar-refractivity contribution in [1.29, 1.82) is 0 Å². The molecule has 1 N–H and O–H groups in total. The summed E-state index contributed by atoms with van der Waals surface area (Å²) in [7, 11) is -0.00288. The molecule has 0 spiro atoms. The normalized spacial score (nSPS) is 24.7. The molecular formula is C16H23N3O9P2. The van der Waals surface area contributed by atoms with Crippen LogP contribution in [0.2, 0.25) is 0 Å². The number of nitrogens with one attached hydrogen (secondary N) is 1. The van der Waals surface area contributed by atoms with Gasteiger partial charge in [0.2, 0.25) is 6.54 Å². The number of hydrogen-bond acceptors (Lipinski definition) is 9. The molecule has 30 heavy (non-hydrogen) atoms. The van der Waals surface area contributed by atoms with Gasteiger partial charge < -0.3 is 32.4 Å². The van der Waals surface area contributed by atoms with E-state index in [0.29, 0.717) is 0 Å². The molecule has 0 amide bonds. The minimum atomic E-state index is -3.47. The molecule has 1 aliphatic heterocycles. The number of ether oxygens (including phenoxy) is 2. The summed E-state index contributed by atoms with van der Waals surface area (Å²) in [6.07, 6.45) is -0.575. The van der Waals surface area contributed by atoms with Crippen LogP contribution in [0.3, 0.4) is 0 Å². The molecule has 1 aromatic rings. The fraction of sp³-hybridized carbons (Fsp3) is 0.562. The predicted octanol–water partition coefficient (Wildman–Crippen LogP) is 1.28. The summed E-state index contributed by atoms with van der Waals surface area (Å²) in [5.41, 5.74) is -1.24. The van der Waals surface area contributed by atoms with Crippen molar-refractivity contribution in [3.63, 3.8) is 0 Å². The zero-order valence-electron chi connectivity index (χ0n) is 16.5. The van der Waals surface area contributed by atoms with Gasteiger partial charge in [-0.05, 0) is 6.08 Å². The highest BCUT2D eigenvalue weighted by atomic mass is 31.2. The van der Waals surface area contributed by atoms with Gasteiger partial charge in [0.1, 0.15) is 24.9 Å². The minimum Gasteiger partial charge on any atom is -0.374 e. The summed E-state index contributed by atoms with van der Waals surface area (Å²) in [6, 6.07) is 1.18. The van der Waals surface area contributed by atoms with Crippen molar-refractivity contribution in [3.05, 3.63) is 56.4 Å². The van der Waals surface area contributed by atoms with Crippen molar-refractivity contribution in [3.8, 4) is 0 Å². The topological polar surface area (TPSA) is 132 Å². The number of methoxy groups -OCH3 is 1. The van der Waals surface area contributed by atoms with E-state index in [1.165, 1.54) is 45.5 Å². The Morgan fingerprint density at radius 3 is 2.67 bits per heavy atom. The summed E-state index contributed by atoms with van der Waals surface area (Å²) in [4.78, 5) is 28.9. The van der Waals surface area contributed by atoms with Gasteiger partial charge in [-0.1, -0.05) is 0 Å². The average molecular weight is 463 g/mol. The van der Waals surface area contributed by atoms with Crippen LogP contribution in [-0.4, -0.2) is 62.3 Å². The molecule has 2 heterocycles. The average Bonchev–Trinajstić information content (AvgIpc) is 3.09. The second-order valence-corrected chi connectivity index (χ2v) is 8.65. The molecule has 0 aromatic carbocycles. The Balaban J connectivity index is 2.30. The molecule has 0 saturated carbocycles. The lowest BCUT2D eigenvalue weighted by molar-refractivity contribution is -0.0474. The third kappa shape index (κ3) is 6.17. The minimum absolute atomic E-state index is 0.189. The fourth-order valence-corrected chi connectivity index (χ4v) is 4.06. The van der Waals surface area contributed by atoms with E-state index in [1.807, 2.05) is 0 Å². The van der Waals surface area contributed by atoms with Crippen molar-refractivity contribution in [2.75, 3.05) is 34.5 Å². The molecule has 14 heteroatoms. The maximum atomic E-state index is 12.3. The Morgan fingerprint density at radius 1 is 1.33 bits per heavy atom. The number of nitrogens with zero attached hydrogens (tertiary/aromatic N) is 2. The smallest absolute Gasteiger partial charge is 0.353 e. The Kier molecular flexibility index (Phi) is 9.55. The lowest BCUT2D eigenvalue weighted by Crippen LogP contribution is -2.38. The van der Waals surface area contributed by atoms with Crippen LogP contribution >= 0.6 is 16.6 Å². The first-order valence-electron chi connectivity index (χ1n) is 8.65. The van der Waals surface area contributed by atoms with Gasteiger partial charge in [0.05, 0.1) is 0 Å². The van der Waals surface area contributed by atoms with Gasteiger partial charge in [0.25, 0.3) is 5.56 Å². The number of rotatable bonds is 11. The van der Waals surface area contributed by atoms with Crippen molar-refractivity contribution in [2.24, 2.45) is 0 Å². The highest BCUT2D eigenvalue weighted by Crippen LogP contribution is 2.49. The molecule has 0 aliphatic carbocycles. The first-order chi connectivity index (χ1) is 14.4. The van der Waals surface area contributed by atoms with Crippen molar-refractivity contribution in [1.82, 2.24) is 9.55 Å². The summed E-state index contributed by atoms with van der Waals surface area (Å²) < 4.78 is 45.7. The van der Waals surface area contributed by atoms with E-state index in [0.717, 1.165) is 4.57 Å². The first-order valence-corrected chi connectivity index (χ1v) is 11.1. The maximum absolute atomic E-state index is 12.3. The predicted molar refractivity (Wildman–Crippen MR) is 107 cm³/mol. The third-order valence-corrected chi connectivity index (χ3v) is 6.38. The van der Waals surface area contributed by atoms with Crippen molar-refractivity contribution >= 4 is 16.6 Å². The van der Waals surface area contributed by atoms with Gasteiger partial charge in [-0.2, -0.15) is 0 Å². The van der Waals surface area contributed by atoms with Crippen LogP contribution in [0.15, 0.2) is 33.7 Å². The highest BCUT2D eigenvalue weighted by molar-refractivity contribution is 7.57. The number of aromatic amines is 1. The molecule has 5 atom stereocenters. The Bertz CT molecular complexity index is 918. The van der Waals surface area contributed by atoms with Crippen LogP contribution in [0.4, 0.5) is 0 Å². The van der Waals surface area contributed by atoms with E-state index >= 15 is 0 Å². The summed E-state index contributed by atoms with van der Waals surface area (Å²) in [5.74, 6) is 1.22. The van der Waals surface area contributed by atoms with Crippen LogP contribution < -0.4 is 11.2 Å². The van der Waals surface area contributed by atoms with Crippen molar-refractivity contribution < 1.29 is 32.1 Å². The SMILES string of the molecule is [C-]#[N+]CCOPO[C@@H]1C(OC)[C@H](n2ccc(=O)[nH]c2=O)O[C@@H]1/C=C/P(=O)(OC)OC. The Labute approximate surface area is 174 Å². The molecule has 0 bridgehead atoms. The van der Waals surface area contributed by atoms with Crippen LogP contribution in [-0.2, 0) is 32.1 Å². The Hall–Kier alpha value is -1.67. The standard InChI is InChI=1S/C16H23N3O9P2/c1-17-7-9-26-29-28-13-11(6-10-30(22,24-3)25-4)27-15(14(13)23-2)19-8-5-12(20)18-16(19)21/h5-6,8,10-11,13-15,29H,7,9H2,2-4H3,(H,18,20,21)/b10-6+/t11-,13+,14?,15-/m1/s1. The molecule has 1 aromatic heterocycles.